The van der Waals surface area contributed by atoms with E-state index < -0.39 is 17.6 Å². The number of halogens is 5. The van der Waals surface area contributed by atoms with Gasteiger partial charge in [0.05, 0.1) is 26.1 Å². The number of rotatable bonds is 5. The average molecular weight is 536 g/mol. The van der Waals surface area contributed by atoms with E-state index in [4.69, 9.17) is 21.1 Å². The monoisotopic (exact) mass is 533 g/mol. The highest BCUT2D eigenvalue weighted by Crippen LogP contribution is 2.36. The highest BCUT2D eigenvalue weighted by molar-refractivity contribution is 9.11. The SMILES string of the molecule is CCCOc1c(Br)cc(C=C2N=C(c3cc(F)c(F)cc3Cl)OC2=O)cc1Br. The molecule has 0 amide bonds. The molecule has 0 unspecified atom stereocenters. The summed E-state index contributed by atoms with van der Waals surface area (Å²) in [6.45, 7) is 2.56. The Morgan fingerprint density at radius 1 is 1.18 bits per heavy atom. The lowest BCUT2D eigenvalue weighted by molar-refractivity contribution is -0.129. The van der Waals surface area contributed by atoms with Crippen LogP contribution in [0.3, 0.4) is 0 Å². The van der Waals surface area contributed by atoms with Gasteiger partial charge < -0.3 is 9.47 Å². The number of esters is 1. The van der Waals surface area contributed by atoms with Crippen molar-refractivity contribution in [3.8, 4) is 5.75 Å². The molecule has 0 aliphatic carbocycles. The number of benzene rings is 2. The smallest absolute Gasteiger partial charge is 0.363 e. The lowest BCUT2D eigenvalue weighted by Gasteiger charge is -2.10. The van der Waals surface area contributed by atoms with Crippen molar-refractivity contribution in [1.82, 2.24) is 0 Å². The molecule has 9 heteroatoms. The second-order valence-electron chi connectivity index (χ2n) is 5.74. The fourth-order valence-electron chi connectivity index (χ4n) is 2.37. The second kappa shape index (κ2) is 8.71. The summed E-state index contributed by atoms with van der Waals surface area (Å²) >= 11 is 12.8. The molecule has 3 rings (SSSR count). The molecule has 0 fully saturated rings. The first kappa shape index (κ1) is 21.0. The van der Waals surface area contributed by atoms with Gasteiger partial charge in [-0.05, 0) is 74.2 Å². The molecule has 0 radical (unpaired) electrons. The molecule has 28 heavy (non-hydrogen) atoms. The summed E-state index contributed by atoms with van der Waals surface area (Å²) in [5.74, 6) is -2.49. The summed E-state index contributed by atoms with van der Waals surface area (Å²) in [7, 11) is 0. The van der Waals surface area contributed by atoms with E-state index in [2.05, 4.69) is 36.9 Å². The minimum Gasteiger partial charge on any atom is -0.491 e. The predicted molar refractivity (Wildman–Crippen MR) is 110 cm³/mol. The van der Waals surface area contributed by atoms with Crippen LogP contribution in [-0.4, -0.2) is 18.5 Å². The first-order valence-electron chi connectivity index (χ1n) is 8.09. The fourth-order valence-corrected chi connectivity index (χ4v) is 4.06. The van der Waals surface area contributed by atoms with E-state index in [9.17, 15) is 13.6 Å². The molecule has 1 aliphatic heterocycles. The van der Waals surface area contributed by atoms with E-state index in [0.29, 0.717) is 26.9 Å². The van der Waals surface area contributed by atoms with Gasteiger partial charge in [0.2, 0.25) is 5.90 Å². The van der Waals surface area contributed by atoms with Gasteiger partial charge in [0.15, 0.2) is 17.3 Å². The van der Waals surface area contributed by atoms with Gasteiger partial charge in [0.1, 0.15) is 5.75 Å². The minimum atomic E-state index is -1.12. The first-order chi connectivity index (χ1) is 13.3. The Morgan fingerprint density at radius 3 is 2.46 bits per heavy atom. The van der Waals surface area contributed by atoms with E-state index in [-0.39, 0.29) is 22.2 Å². The van der Waals surface area contributed by atoms with Crippen LogP contribution in [0.25, 0.3) is 6.08 Å². The van der Waals surface area contributed by atoms with Gasteiger partial charge in [-0.2, -0.15) is 0 Å². The van der Waals surface area contributed by atoms with Gasteiger partial charge in [-0.1, -0.05) is 18.5 Å². The summed E-state index contributed by atoms with van der Waals surface area (Å²) in [6.07, 6.45) is 2.36. The molecule has 0 N–H and O–H groups in total. The van der Waals surface area contributed by atoms with Gasteiger partial charge >= 0.3 is 5.97 Å². The summed E-state index contributed by atoms with van der Waals surface area (Å²) < 4.78 is 38.9. The van der Waals surface area contributed by atoms with Crippen LogP contribution in [0, 0.1) is 11.6 Å². The molecule has 146 valence electrons. The zero-order chi connectivity index (χ0) is 20.4. The van der Waals surface area contributed by atoms with Crippen molar-refractivity contribution in [2.75, 3.05) is 6.61 Å². The zero-order valence-corrected chi connectivity index (χ0v) is 18.3. The van der Waals surface area contributed by atoms with Gasteiger partial charge in [0, 0.05) is 0 Å². The predicted octanol–water partition coefficient (Wildman–Crippen LogP) is 6.28. The molecule has 1 heterocycles. The van der Waals surface area contributed by atoms with Crippen molar-refractivity contribution in [2.24, 2.45) is 4.99 Å². The molecule has 0 aromatic heterocycles. The molecular formula is C19H12Br2ClF2NO3. The van der Waals surface area contributed by atoms with Crippen LogP contribution >= 0.6 is 43.5 Å². The third kappa shape index (κ3) is 4.45. The van der Waals surface area contributed by atoms with Crippen LogP contribution in [0.4, 0.5) is 8.78 Å². The molecule has 2 aromatic rings. The fraction of sp³-hybridized carbons (Fsp3) is 0.158. The van der Waals surface area contributed by atoms with Crippen LogP contribution in [0.15, 0.2) is 43.9 Å². The number of carbonyl (C=O) groups excluding carboxylic acids is 1. The van der Waals surface area contributed by atoms with Crippen LogP contribution in [0.2, 0.25) is 5.02 Å². The van der Waals surface area contributed by atoms with Crippen molar-refractivity contribution in [1.29, 1.82) is 0 Å². The van der Waals surface area contributed by atoms with Crippen molar-refractivity contribution >= 4 is 61.4 Å². The highest BCUT2D eigenvalue weighted by atomic mass is 79.9. The van der Waals surface area contributed by atoms with Crippen molar-refractivity contribution in [2.45, 2.75) is 13.3 Å². The van der Waals surface area contributed by atoms with Crippen LogP contribution in [0.5, 0.6) is 5.75 Å². The molecule has 2 aromatic carbocycles. The number of hydrogen-bond acceptors (Lipinski definition) is 4. The summed E-state index contributed by atoms with van der Waals surface area (Å²) in [5.41, 5.74) is 0.635. The summed E-state index contributed by atoms with van der Waals surface area (Å²) in [4.78, 5) is 16.2. The summed E-state index contributed by atoms with van der Waals surface area (Å²) in [6, 6.07) is 5.15. The average Bonchev–Trinajstić information content (AvgIpc) is 2.98. The molecule has 0 saturated heterocycles. The number of ether oxygens (including phenoxy) is 2. The number of cyclic esters (lactones) is 1. The lowest BCUT2D eigenvalue weighted by atomic mass is 10.2. The van der Waals surface area contributed by atoms with E-state index in [0.717, 1.165) is 18.6 Å². The third-order valence-corrected chi connectivity index (χ3v) is 5.13. The molecular weight excluding hydrogens is 523 g/mol. The standard InChI is InChI=1S/C19H12Br2ClF2NO3/c1-2-3-27-17-11(20)4-9(5-12(17)21)6-16-19(26)28-18(25-16)10-7-14(23)15(24)8-13(10)22/h4-8H,2-3H2,1H3. The van der Waals surface area contributed by atoms with Gasteiger partial charge in [-0.3, -0.25) is 0 Å². The van der Waals surface area contributed by atoms with E-state index in [1.54, 1.807) is 12.1 Å². The van der Waals surface area contributed by atoms with Gasteiger partial charge in [-0.25, -0.2) is 18.6 Å². The van der Waals surface area contributed by atoms with Crippen LogP contribution in [0.1, 0.15) is 24.5 Å². The van der Waals surface area contributed by atoms with Crippen molar-refractivity contribution in [3.05, 3.63) is 66.7 Å². The van der Waals surface area contributed by atoms with E-state index >= 15 is 0 Å². The number of hydrogen-bond donors (Lipinski definition) is 0. The Bertz CT molecular complexity index is 1000. The van der Waals surface area contributed by atoms with Crippen LogP contribution < -0.4 is 4.74 Å². The zero-order valence-electron chi connectivity index (χ0n) is 14.4. The lowest BCUT2D eigenvalue weighted by Crippen LogP contribution is -2.07. The maximum Gasteiger partial charge on any atom is 0.363 e. The first-order valence-corrected chi connectivity index (χ1v) is 10.1. The van der Waals surface area contributed by atoms with E-state index in [1.807, 2.05) is 6.92 Å². The Balaban J connectivity index is 1.95. The topological polar surface area (TPSA) is 47.9 Å². The second-order valence-corrected chi connectivity index (χ2v) is 7.86. The van der Waals surface area contributed by atoms with Crippen molar-refractivity contribution in [3.63, 3.8) is 0 Å². The molecule has 0 spiro atoms. The molecule has 0 bridgehead atoms. The minimum absolute atomic E-state index is 0.00294. The third-order valence-electron chi connectivity index (χ3n) is 3.64. The van der Waals surface area contributed by atoms with Crippen LogP contribution in [-0.2, 0) is 9.53 Å². The number of nitrogens with zero attached hydrogens (tertiary/aromatic N) is 1. The molecule has 1 aliphatic rings. The normalized spacial score (nSPS) is 15.0. The summed E-state index contributed by atoms with van der Waals surface area (Å²) in [5, 5.41) is -0.116. The molecule has 0 saturated carbocycles. The quantitative estimate of drug-likeness (QED) is 0.257. The number of carbonyl (C=O) groups is 1. The molecule has 0 atom stereocenters. The Morgan fingerprint density at radius 2 is 1.82 bits per heavy atom. The number of aliphatic imine (C=N–C) groups is 1. The molecule has 4 nitrogen and oxygen atoms in total. The van der Waals surface area contributed by atoms with E-state index in [1.165, 1.54) is 6.08 Å². The van der Waals surface area contributed by atoms with Gasteiger partial charge in [0.25, 0.3) is 0 Å². The maximum atomic E-state index is 13.5. The highest BCUT2D eigenvalue weighted by Gasteiger charge is 2.27. The maximum absolute atomic E-state index is 13.5. The Labute approximate surface area is 181 Å². The Kier molecular flexibility index (Phi) is 6.52. The largest absolute Gasteiger partial charge is 0.491 e. The van der Waals surface area contributed by atoms with Gasteiger partial charge in [-0.15, -0.1) is 0 Å². The Hall–Kier alpha value is -1.77. The van der Waals surface area contributed by atoms with Crippen molar-refractivity contribution < 1.29 is 23.0 Å².